The fourth-order valence-electron chi connectivity index (χ4n) is 3.23. The van der Waals surface area contributed by atoms with E-state index in [4.69, 9.17) is 4.74 Å². The van der Waals surface area contributed by atoms with E-state index >= 15 is 0 Å². The summed E-state index contributed by atoms with van der Waals surface area (Å²) in [6, 6.07) is 4.95. The lowest BCUT2D eigenvalue weighted by Crippen LogP contribution is -2.35. The highest BCUT2D eigenvalue weighted by molar-refractivity contribution is 5.49. The Morgan fingerprint density at radius 3 is 1.92 bits per heavy atom. The summed E-state index contributed by atoms with van der Waals surface area (Å²) in [6.07, 6.45) is 12.6. The normalized spacial score (nSPS) is 11.6. The Labute approximate surface area is 148 Å². The molecule has 0 aliphatic heterocycles. The van der Waals surface area contributed by atoms with Gasteiger partial charge >= 0.3 is 0 Å². The van der Waals surface area contributed by atoms with Crippen LogP contribution in [-0.2, 0) is 0 Å². The minimum atomic E-state index is -0.243. The molecule has 0 radical (unpaired) electrons. The highest BCUT2D eigenvalue weighted by Crippen LogP contribution is 2.40. The van der Waals surface area contributed by atoms with Crippen LogP contribution in [0.4, 0.5) is 0 Å². The molecule has 0 bridgehead atoms. The quantitative estimate of drug-likeness (QED) is 0.316. The van der Waals surface area contributed by atoms with Crippen molar-refractivity contribution in [1.29, 1.82) is 0 Å². The van der Waals surface area contributed by atoms with E-state index in [-0.39, 0.29) is 17.1 Å². The molecule has 0 aliphatic carbocycles. The summed E-state index contributed by atoms with van der Waals surface area (Å²) in [6.45, 7) is 6.61. The number of phenols is 2. The van der Waals surface area contributed by atoms with E-state index in [0.717, 1.165) is 32.1 Å². The number of unbranched alkanes of at least 4 members (excludes halogenated alkanes) is 6. The molecule has 24 heavy (non-hydrogen) atoms. The van der Waals surface area contributed by atoms with Crippen molar-refractivity contribution in [1.82, 2.24) is 0 Å². The van der Waals surface area contributed by atoms with E-state index in [1.807, 2.05) is 0 Å². The first-order valence-electron chi connectivity index (χ1n) is 9.78. The fraction of sp³-hybridized carbons (Fsp3) is 0.714. The van der Waals surface area contributed by atoms with Crippen molar-refractivity contribution >= 4 is 0 Å². The van der Waals surface area contributed by atoms with Gasteiger partial charge in [-0.15, -0.1) is 0 Å². The van der Waals surface area contributed by atoms with Crippen LogP contribution in [0.5, 0.6) is 17.2 Å². The first kappa shape index (κ1) is 20.7. The summed E-state index contributed by atoms with van der Waals surface area (Å²) in [5.41, 5.74) is -0.243. The molecule has 2 N–H and O–H groups in total. The number of rotatable bonds is 13. The molecular weight excluding hydrogens is 300 g/mol. The van der Waals surface area contributed by atoms with Crippen molar-refractivity contribution in [2.24, 2.45) is 0 Å². The van der Waals surface area contributed by atoms with Crippen molar-refractivity contribution in [2.75, 3.05) is 0 Å². The van der Waals surface area contributed by atoms with Crippen LogP contribution in [0.25, 0.3) is 0 Å². The van der Waals surface area contributed by atoms with E-state index in [1.165, 1.54) is 44.6 Å². The van der Waals surface area contributed by atoms with Crippen LogP contribution in [0.3, 0.4) is 0 Å². The Hall–Kier alpha value is -1.38. The lowest BCUT2D eigenvalue weighted by molar-refractivity contribution is 0.0377. The third-order valence-corrected chi connectivity index (χ3v) is 4.92. The number of hydrogen-bond donors (Lipinski definition) is 2. The maximum absolute atomic E-state index is 10.1. The first-order chi connectivity index (χ1) is 11.6. The van der Waals surface area contributed by atoms with Crippen molar-refractivity contribution < 1.29 is 14.9 Å². The molecule has 0 heterocycles. The first-order valence-corrected chi connectivity index (χ1v) is 9.78. The number of ether oxygens (including phenoxy) is 1. The molecule has 0 atom stereocenters. The molecule has 0 amide bonds. The Balaban J connectivity index is 2.81. The van der Waals surface area contributed by atoms with E-state index in [9.17, 15) is 10.2 Å². The van der Waals surface area contributed by atoms with Gasteiger partial charge in [0.2, 0.25) is 5.75 Å². The van der Waals surface area contributed by atoms with Crippen LogP contribution in [0.15, 0.2) is 18.2 Å². The van der Waals surface area contributed by atoms with Gasteiger partial charge in [0, 0.05) is 0 Å². The van der Waals surface area contributed by atoms with E-state index < -0.39 is 0 Å². The third-order valence-electron chi connectivity index (χ3n) is 4.92. The summed E-state index contributed by atoms with van der Waals surface area (Å²) in [5, 5.41) is 19.8. The summed E-state index contributed by atoms with van der Waals surface area (Å²) < 4.78 is 6.31. The van der Waals surface area contributed by atoms with E-state index in [2.05, 4.69) is 20.8 Å². The Bertz CT molecular complexity index is 444. The number of hydrogen-bond acceptors (Lipinski definition) is 3. The summed E-state index contributed by atoms with van der Waals surface area (Å²) >= 11 is 0. The SMILES string of the molecule is CCCCCCC(CC)(CCCCCC)Oc1cccc(O)c1O. The van der Waals surface area contributed by atoms with Gasteiger partial charge in [-0.3, -0.25) is 0 Å². The van der Waals surface area contributed by atoms with Crippen molar-refractivity contribution in [3.05, 3.63) is 18.2 Å². The van der Waals surface area contributed by atoms with Crippen LogP contribution in [0.2, 0.25) is 0 Å². The monoisotopic (exact) mass is 336 g/mol. The van der Waals surface area contributed by atoms with Crippen LogP contribution >= 0.6 is 0 Å². The third kappa shape index (κ3) is 6.62. The standard InChI is InChI=1S/C21H36O3/c1-4-7-9-11-16-21(6-3,17-12-10-8-5-2)24-19-15-13-14-18(22)20(19)23/h13-15,22-23H,4-12,16-17H2,1-3H3. The Morgan fingerprint density at radius 2 is 1.42 bits per heavy atom. The Kier molecular flexibility index (Phi) is 9.66. The summed E-state index contributed by atoms with van der Waals surface area (Å²) in [4.78, 5) is 0. The number of aromatic hydroxyl groups is 2. The summed E-state index contributed by atoms with van der Waals surface area (Å²) in [7, 11) is 0. The second-order valence-corrected chi connectivity index (χ2v) is 6.88. The molecule has 138 valence electrons. The topological polar surface area (TPSA) is 49.7 Å². The van der Waals surface area contributed by atoms with Gasteiger partial charge in [0.05, 0.1) is 0 Å². The lowest BCUT2D eigenvalue weighted by atomic mass is 9.87. The van der Waals surface area contributed by atoms with Gasteiger partial charge in [-0.25, -0.2) is 0 Å². The molecule has 1 aromatic carbocycles. The van der Waals surface area contributed by atoms with E-state index in [0.29, 0.717) is 5.75 Å². The average Bonchev–Trinajstić information content (AvgIpc) is 2.59. The number of para-hydroxylation sites is 1. The molecule has 3 nitrogen and oxygen atoms in total. The zero-order chi connectivity index (χ0) is 17.8. The van der Waals surface area contributed by atoms with Gasteiger partial charge in [-0.05, 0) is 44.2 Å². The van der Waals surface area contributed by atoms with Crippen molar-refractivity contribution in [3.63, 3.8) is 0 Å². The van der Waals surface area contributed by atoms with Crippen LogP contribution in [-0.4, -0.2) is 15.8 Å². The zero-order valence-corrected chi connectivity index (χ0v) is 15.8. The van der Waals surface area contributed by atoms with Crippen molar-refractivity contribution in [2.45, 2.75) is 97.0 Å². The largest absolute Gasteiger partial charge is 0.504 e. The molecule has 0 aliphatic rings. The zero-order valence-electron chi connectivity index (χ0n) is 15.8. The molecule has 0 unspecified atom stereocenters. The highest BCUT2D eigenvalue weighted by Gasteiger charge is 2.30. The smallest absolute Gasteiger partial charge is 0.200 e. The number of benzene rings is 1. The van der Waals surface area contributed by atoms with Crippen LogP contribution in [0, 0.1) is 0 Å². The van der Waals surface area contributed by atoms with Gasteiger partial charge < -0.3 is 14.9 Å². The van der Waals surface area contributed by atoms with Gasteiger partial charge in [-0.1, -0.05) is 65.4 Å². The average molecular weight is 337 g/mol. The molecule has 1 rings (SSSR count). The van der Waals surface area contributed by atoms with Gasteiger partial charge in [0.1, 0.15) is 5.60 Å². The molecule has 0 aromatic heterocycles. The predicted octanol–water partition coefficient (Wildman–Crippen LogP) is 6.57. The molecule has 3 heteroatoms. The molecule has 0 fully saturated rings. The second-order valence-electron chi connectivity index (χ2n) is 6.88. The van der Waals surface area contributed by atoms with Crippen LogP contribution < -0.4 is 4.74 Å². The second kappa shape index (κ2) is 11.2. The van der Waals surface area contributed by atoms with E-state index in [1.54, 1.807) is 12.1 Å². The molecular formula is C21H36O3. The Morgan fingerprint density at radius 1 is 0.833 bits per heavy atom. The van der Waals surface area contributed by atoms with Gasteiger partial charge in [0.15, 0.2) is 11.5 Å². The van der Waals surface area contributed by atoms with Gasteiger partial charge in [-0.2, -0.15) is 0 Å². The highest BCUT2D eigenvalue weighted by atomic mass is 16.5. The van der Waals surface area contributed by atoms with Crippen molar-refractivity contribution in [3.8, 4) is 17.2 Å². The molecule has 1 aromatic rings. The molecule has 0 spiro atoms. The number of phenolic OH excluding ortho intramolecular Hbond substituents is 2. The maximum atomic E-state index is 10.1. The minimum Gasteiger partial charge on any atom is -0.504 e. The summed E-state index contributed by atoms with van der Waals surface area (Å²) in [5.74, 6) is 0.148. The van der Waals surface area contributed by atoms with Gasteiger partial charge in [0.25, 0.3) is 0 Å². The fourth-order valence-corrected chi connectivity index (χ4v) is 3.23. The molecule has 0 saturated heterocycles. The predicted molar refractivity (Wildman–Crippen MR) is 101 cm³/mol. The maximum Gasteiger partial charge on any atom is 0.200 e. The molecule has 0 saturated carbocycles. The minimum absolute atomic E-state index is 0.116. The van der Waals surface area contributed by atoms with Crippen LogP contribution in [0.1, 0.15) is 91.4 Å². The lowest BCUT2D eigenvalue weighted by Gasteiger charge is -2.34.